The summed E-state index contributed by atoms with van der Waals surface area (Å²) in [6.45, 7) is 5.47. The average Bonchev–Trinajstić information content (AvgIpc) is 2.82. The van der Waals surface area contributed by atoms with Crippen molar-refractivity contribution in [2.75, 3.05) is 31.6 Å². The number of hydrogen-bond acceptors (Lipinski definition) is 3. The third-order valence-corrected chi connectivity index (χ3v) is 2.69. The van der Waals surface area contributed by atoms with Gasteiger partial charge in [0.25, 0.3) is 0 Å². The molecule has 1 heterocycles. The number of rotatable bonds is 7. The maximum Gasteiger partial charge on any atom is 0.191 e. The van der Waals surface area contributed by atoms with E-state index in [9.17, 15) is 0 Å². The van der Waals surface area contributed by atoms with Crippen LogP contribution in [0, 0.1) is 0 Å². The van der Waals surface area contributed by atoms with Gasteiger partial charge in [-0.05, 0) is 19.2 Å². The van der Waals surface area contributed by atoms with Crippen LogP contribution < -0.4 is 10.6 Å². The highest BCUT2D eigenvalue weighted by molar-refractivity contribution is 7.98. The van der Waals surface area contributed by atoms with Gasteiger partial charge in [-0.3, -0.25) is 9.67 Å². The zero-order valence-electron chi connectivity index (χ0n) is 10.5. The molecule has 0 bridgehead atoms. The fourth-order valence-electron chi connectivity index (χ4n) is 1.31. The molecule has 96 valence electrons. The Hall–Kier alpha value is -1.17. The Labute approximate surface area is 107 Å². The molecule has 0 saturated heterocycles. The predicted molar refractivity (Wildman–Crippen MR) is 74.6 cm³/mol. The number of aromatic nitrogens is 2. The summed E-state index contributed by atoms with van der Waals surface area (Å²) in [6.07, 6.45) is 5.84. The van der Waals surface area contributed by atoms with Crippen molar-refractivity contribution in [1.29, 1.82) is 0 Å². The molecule has 0 amide bonds. The van der Waals surface area contributed by atoms with Crippen LogP contribution in [0.1, 0.15) is 6.92 Å². The molecule has 1 rings (SSSR count). The van der Waals surface area contributed by atoms with Crippen LogP contribution in [-0.4, -0.2) is 47.4 Å². The zero-order chi connectivity index (χ0) is 12.3. The van der Waals surface area contributed by atoms with E-state index in [1.165, 1.54) is 0 Å². The van der Waals surface area contributed by atoms with Crippen LogP contribution in [0.4, 0.5) is 0 Å². The molecule has 1 aromatic heterocycles. The predicted octanol–water partition coefficient (Wildman–Crippen LogP) is 0.801. The second-order valence-corrected chi connectivity index (χ2v) is 4.43. The minimum atomic E-state index is 0.826. The Morgan fingerprint density at radius 2 is 2.35 bits per heavy atom. The third kappa shape index (κ3) is 6.21. The normalized spacial score (nSPS) is 11.5. The first-order valence-electron chi connectivity index (χ1n) is 5.85. The van der Waals surface area contributed by atoms with Crippen molar-refractivity contribution < 1.29 is 0 Å². The summed E-state index contributed by atoms with van der Waals surface area (Å²) in [5.74, 6) is 1.93. The van der Waals surface area contributed by atoms with Crippen LogP contribution >= 0.6 is 11.8 Å². The van der Waals surface area contributed by atoms with Crippen molar-refractivity contribution in [3.05, 3.63) is 18.5 Å². The number of hydrogen-bond donors (Lipinski definition) is 2. The third-order valence-electron chi connectivity index (χ3n) is 2.10. The SMILES string of the molecule is CCNC(=NCCSC)NCCn1cccn1. The topological polar surface area (TPSA) is 54.2 Å². The van der Waals surface area contributed by atoms with E-state index in [1.807, 2.05) is 16.9 Å². The van der Waals surface area contributed by atoms with E-state index < -0.39 is 0 Å². The first-order valence-corrected chi connectivity index (χ1v) is 7.24. The maximum absolute atomic E-state index is 4.47. The smallest absolute Gasteiger partial charge is 0.191 e. The van der Waals surface area contributed by atoms with Gasteiger partial charge in [0, 0.05) is 31.2 Å². The van der Waals surface area contributed by atoms with Gasteiger partial charge < -0.3 is 10.6 Å². The van der Waals surface area contributed by atoms with Gasteiger partial charge in [0.05, 0.1) is 13.1 Å². The molecule has 0 aliphatic carbocycles. The van der Waals surface area contributed by atoms with Crippen LogP contribution in [0.25, 0.3) is 0 Å². The number of nitrogens with zero attached hydrogens (tertiary/aromatic N) is 3. The van der Waals surface area contributed by atoms with Crippen LogP contribution in [0.3, 0.4) is 0 Å². The lowest BCUT2D eigenvalue weighted by Gasteiger charge is -2.11. The van der Waals surface area contributed by atoms with Crippen molar-refractivity contribution in [2.24, 2.45) is 4.99 Å². The fraction of sp³-hybridized carbons (Fsp3) is 0.636. The Morgan fingerprint density at radius 1 is 1.47 bits per heavy atom. The molecule has 0 aromatic carbocycles. The highest BCUT2D eigenvalue weighted by Gasteiger charge is 1.96. The van der Waals surface area contributed by atoms with Crippen molar-refractivity contribution in [1.82, 2.24) is 20.4 Å². The summed E-state index contributed by atoms with van der Waals surface area (Å²) in [7, 11) is 0. The molecule has 0 spiro atoms. The minimum Gasteiger partial charge on any atom is -0.357 e. The molecule has 1 aromatic rings. The van der Waals surface area contributed by atoms with Crippen LogP contribution in [0.5, 0.6) is 0 Å². The largest absolute Gasteiger partial charge is 0.357 e. The van der Waals surface area contributed by atoms with Gasteiger partial charge in [-0.15, -0.1) is 0 Å². The van der Waals surface area contributed by atoms with Crippen LogP contribution in [-0.2, 0) is 6.54 Å². The molecule has 6 heteroatoms. The van der Waals surface area contributed by atoms with E-state index in [2.05, 4.69) is 33.9 Å². The molecule has 0 saturated carbocycles. The van der Waals surface area contributed by atoms with Gasteiger partial charge >= 0.3 is 0 Å². The van der Waals surface area contributed by atoms with Crippen molar-refractivity contribution in [2.45, 2.75) is 13.5 Å². The van der Waals surface area contributed by atoms with Gasteiger partial charge in [-0.25, -0.2) is 0 Å². The summed E-state index contributed by atoms with van der Waals surface area (Å²) >= 11 is 1.81. The molecule has 0 atom stereocenters. The minimum absolute atomic E-state index is 0.826. The van der Waals surface area contributed by atoms with Gasteiger partial charge in [-0.1, -0.05) is 0 Å². The van der Waals surface area contributed by atoms with Crippen molar-refractivity contribution in [3.8, 4) is 0 Å². The summed E-state index contributed by atoms with van der Waals surface area (Å²) in [5, 5.41) is 10.7. The van der Waals surface area contributed by atoms with Gasteiger partial charge in [0.15, 0.2) is 5.96 Å². The lowest BCUT2D eigenvalue weighted by Crippen LogP contribution is -2.39. The van der Waals surface area contributed by atoms with E-state index in [-0.39, 0.29) is 0 Å². The molecular formula is C11H21N5S. The van der Waals surface area contributed by atoms with Crippen LogP contribution in [0.15, 0.2) is 23.5 Å². The molecule has 0 radical (unpaired) electrons. The Kier molecular flexibility index (Phi) is 7.29. The highest BCUT2D eigenvalue weighted by atomic mass is 32.2. The monoisotopic (exact) mass is 255 g/mol. The molecule has 0 fully saturated rings. The van der Waals surface area contributed by atoms with Crippen LogP contribution in [0.2, 0.25) is 0 Å². The lowest BCUT2D eigenvalue weighted by atomic mass is 10.6. The van der Waals surface area contributed by atoms with E-state index in [0.717, 1.165) is 37.9 Å². The lowest BCUT2D eigenvalue weighted by molar-refractivity contribution is 0.598. The van der Waals surface area contributed by atoms with E-state index in [1.54, 1.807) is 18.0 Å². The summed E-state index contributed by atoms with van der Waals surface area (Å²) in [4.78, 5) is 4.47. The zero-order valence-corrected chi connectivity index (χ0v) is 11.3. The molecule has 0 unspecified atom stereocenters. The highest BCUT2D eigenvalue weighted by Crippen LogP contribution is 1.90. The second-order valence-electron chi connectivity index (χ2n) is 3.45. The number of thioether (sulfide) groups is 1. The number of nitrogens with one attached hydrogen (secondary N) is 2. The number of aliphatic imine (C=N–C) groups is 1. The van der Waals surface area contributed by atoms with Gasteiger partial charge in [0.1, 0.15) is 0 Å². The Bertz CT molecular complexity index is 310. The van der Waals surface area contributed by atoms with E-state index >= 15 is 0 Å². The molecule has 5 nitrogen and oxygen atoms in total. The molecule has 0 aliphatic heterocycles. The first-order chi connectivity index (χ1) is 8.36. The Morgan fingerprint density at radius 3 is 3.00 bits per heavy atom. The molecule has 2 N–H and O–H groups in total. The summed E-state index contributed by atoms with van der Waals surface area (Å²) < 4.78 is 1.90. The van der Waals surface area contributed by atoms with E-state index in [4.69, 9.17) is 0 Å². The summed E-state index contributed by atoms with van der Waals surface area (Å²) in [6, 6.07) is 1.93. The molecule has 0 aliphatic rings. The Balaban J connectivity index is 2.25. The van der Waals surface area contributed by atoms with Crippen molar-refractivity contribution in [3.63, 3.8) is 0 Å². The fourth-order valence-corrected chi connectivity index (χ4v) is 1.59. The van der Waals surface area contributed by atoms with Gasteiger partial charge in [-0.2, -0.15) is 16.9 Å². The molecular weight excluding hydrogens is 234 g/mol. The quantitative estimate of drug-likeness (QED) is 0.430. The van der Waals surface area contributed by atoms with Gasteiger partial charge in [0.2, 0.25) is 0 Å². The maximum atomic E-state index is 4.47. The van der Waals surface area contributed by atoms with Crippen molar-refractivity contribution >= 4 is 17.7 Å². The second kappa shape index (κ2) is 8.92. The first kappa shape index (κ1) is 13.9. The number of guanidine groups is 1. The average molecular weight is 255 g/mol. The van der Waals surface area contributed by atoms with E-state index in [0.29, 0.717) is 0 Å². The summed E-state index contributed by atoms with van der Waals surface area (Å²) in [5.41, 5.74) is 0. The molecule has 17 heavy (non-hydrogen) atoms. The standard InChI is InChI=1S/C11H21N5S/c1-3-12-11(14-7-10-17-2)13-6-9-16-8-4-5-15-16/h4-5,8H,3,6-7,9-10H2,1-2H3,(H2,12,13,14).